The summed E-state index contributed by atoms with van der Waals surface area (Å²) < 4.78 is 39.7. The number of hydrogen-bond acceptors (Lipinski definition) is 19. The largest absolute Gasteiger partial charge is 0.464 e. The number of ketones is 1. The van der Waals surface area contributed by atoms with Gasteiger partial charge in [-0.1, -0.05) is 41.2 Å². The maximum absolute atomic E-state index is 14.2. The maximum atomic E-state index is 14.2. The summed E-state index contributed by atoms with van der Waals surface area (Å²) in [6, 6.07) is -5.94. The molecule has 0 rings (SSSR count). The Labute approximate surface area is 444 Å². The fourth-order valence-corrected chi connectivity index (χ4v) is 6.73. The first kappa shape index (κ1) is 69.2. The highest BCUT2D eigenvalue weighted by molar-refractivity contribution is 5.90. The van der Waals surface area contributed by atoms with Crippen LogP contribution in [0.5, 0.6) is 0 Å². The second-order valence-electron chi connectivity index (χ2n) is 25.3. The van der Waals surface area contributed by atoms with Crippen molar-refractivity contribution in [2.75, 3.05) is 26.4 Å². The highest BCUT2D eigenvalue weighted by Gasteiger charge is 2.47. The molecular weight excluding hydrogens is 997 g/mol. The van der Waals surface area contributed by atoms with Crippen LogP contribution in [-0.2, 0) is 71.5 Å². The van der Waals surface area contributed by atoms with Crippen LogP contribution >= 0.6 is 0 Å². The minimum absolute atomic E-state index is 0.355. The molecule has 27 nitrogen and oxygen atoms in total. The topological polar surface area (TPSA) is 396 Å². The summed E-state index contributed by atoms with van der Waals surface area (Å²) in [7, 11) is 0. The van der Waals surface area contributed by atoms with Crippen molar-refractivity contribution in [2.45, 2.75) is 205 Å². The van der Waals surface area contributed by atoms with Gasteiger partial charge in [-0.3, -0.25) is 38.4 Å². The molecule has 426 valence electrons. The summed E-state index contributed by atoms with van der Waals surface area (Å²) >= 11 is 0. The first-order valence-corrected chi connectivity index (χ1v) is 24.3. The van der Waals surface area contributed by atoms with Crippen molar-refractivity contribution in [2.24, 2.45) is 52.9 Å². The Morgan fingerprint density at radius 2 is 0.553 bits per heavy atom. The van der Waals surface area contributed by atoms with Gasteiger partial charge in [0.15, 0.2) is 0 Å². The van der Waals surface area contributed by atoms with Gasteiger partial charge in [0.1, 0.15) is 72.6 Å². The Morgan fingerprint density at radius 3 is 0.737 bits per heavy atom. The van der Waals surface area contributed by atoms with E-state index in [1.807, 2.05) is 0 Å². The molecule has 0 aliphatic rings. The maximum Gasteiger partial charge on any atom is 0.315 e. The van der Waals surface area contributed by atoms with Crippen LogP contribution in [0.4, 0.5) is 0 Å². The van der Waals surface area contributed by atoms with Crippen LogP contribution < -0.4 is 0 Å². The van der Waals surface area contributed by atoms with E-state index in [0.29, 0.717) is 0 Å². The lowest BCUT2D eigenvalue weighted by atomic mass is 9.79. The number of azide groups is 4. The van der Waals surface area contributed by atoms with Crippen LogP contribution in [0.25, 0.3) is 41.8 Å². The molecule has 0 aromatic rings. The standard InChI is InChI=1S/C49H80N12O15/c1-41(2,3)33(62)29(54-58-50)21-45(13,14)37(66)70-25-49(26-71-38(67)46(15,16)22-30(55-59-51)34(63)74-42(4,5)6,27-72-39(68)47(17,18)23-31(56-60-52)35(64)75-43(7,8)9)28-73-40(69)48(19,20)24-32(57-61-53)36(65)76-44(10,11)12/h29-32H,21-28H2,1-20H3. The first-order valence-electron chi connectivity index (χ1n) is 24.3. The third-order valence-electron chi connectivity index (χ3n) is 10.9. The van der Waals surface area contributed by atoms with Crippen molar-refractivity contribution >= 4 is 47.6 Å². The van der Waals surface area contributed by atoms with Gasteiger partial charge in [-0.05, 0) is 166 Å². The highest BCUT2D eigenvalue weighted by atomic mass is 16.6. The summed E-state index contributed by atoms with van der Waals surface area (Å²) in [4.78, 5) is 121. The molecule has 0 bridgehead atoms. The molecule has 4 atom stereocenters. The van der Waals surface area contributed by atoms with Gasteiger partial charge in [0.25, 0.3) is 0 Å². The van der Waals surface area contributed by atoms with E-state index in [0.717, 1.165) is 0 Å². The number of carbonyl (C=O) groups is 8. The second-order valence-corrected chi connectivity index (χ2v) is 25.3. The quantitative estimate of drug-likeness (QED) is 0.0231. The van der Waals surface area contributed by atoms with Crippen molar-refractivity contribution < 1.29 is 71.5 Å². The van der Waals surface area contributed by atoms with Gasteiger partial charge in [0.05, 0.1) is 27.7 Å². The Kier molecular flexibility index (Phi) is 24.9. The monoisotopic (exact) mass is 1080 g/mol. The van der Waals surface area contributed by atoms with Gasteiger partial charge in [0.2, 0.25) is 0 Å². The third-order valence-corrected chi connectivity index (χ3v) is 10.9. The molecule has 0 amide bonds. The van der Waals surface area contributed by atoms with E-state index in [-0.39, 0.29) is 6.42 Å². The molecule has 0 fully saturated rings. The zero-order chi connectivity index (χ0) is 59.7. The number of nitrogens with zero attached hydrogens (tertiary/aromatic N) is 12. The number of carbonyl (C=O) groups excluding carboxylic acids is 8. The van der Waals surface area contributed by atoms with Crippen LogP contribution in [0.1, 0.15) is 164 Å². The van der Waals surface area contributed by atoms with Gasteiger partial charge in [-0.15, -0.1) is 0 Å². The van der Waals surface area contributed by atoms with Gasteiger partial charge in [-0.25, -0.2) is 0 Å². The predicted octanol–water partition coefficient (Wildman–Crippen LogP) is 10.2. The Bertz CT molecular complexity index is 2140. The van der Waals surface area contributed by atoms with E-state index < -0.39 is 167 Å². The number of esters is 7. The Hall–Kier alpha value is -6.80. The second kappa shape index (κ2) is 27.3. The summed E-state index contributed by atoms with van der Waals surface area (Å²) in [5.41, 5.74) is 24.6. The SMILES string of the molecule is CC(C)(C)OC(=O)C(CC(C)(C)C(=O)OCC(COC(=O)C(C)(C)CC(N=[N+]=[N-])C(=O)OC(C)(C)C)(COC(=O)C(C)(C)CC(N=[N+]=[N-])C(=O)OC(C)(C)C)COC(=O)C(C)(C)CC(N=[N+]=[N-])C(=O)C(C)(C)C)N=[N+]=[N-]. The molecule has 0 aromatic carbocycles. The molecule has 0 saturated carbocycles. The van der Waals surface area contributed by atoms with Crippen LogP contribution in [0, 0.1) is 32.5 Å². The predicted molar refractivity (Wildman–Crippen MR) is 274 cm³/mol. The van der Waals surface area contributed by atoms with E-state index in [4.69, 9.17) is 33.2 Å². The highest BCUT2D eigenvalue weighted by Crippen LogP contribution is 2.36. The molecule has 76 heavy (non-hydrogen) atoms. The number of Topliss-reactive ketones (excluding diaryl/α,β-unsaturated/α-hetero) is 1. The fourth-order valence-electron chi connectivity index (χ4n) is 6.73. The zero-order valence-corrected chi connectivity index (χ0v) is 48.0. The molecule has 0 saturated heterocycles. The molecule has 0 spiro atoms. The van der Waals surface area contributed by atoms with E-state index in [1.54, 1.807) is 83.1 Å². The number of hydrogen-bond donors (Lipinski definition) is 0. The Balaban J connectivity index is 7.92. The molecule has 27 heteroatoms. The summed E-state index contributed by atoms with van der Waals surface area (Å²) in [5, 5.41) is 14.3. The summed E-state index contributed by atoms with van der Waals surface area (Å²) in [5.74, 6) is -7.50. The molecule has 0 heterocycles. The minimum Gasteiger partial charge on any atom is -0.464 e. The molecule has 0 N–H and O–H groups in total. The lowest BCUT2D eigenvalue weighted by Crippen LogP contribution is -2.48. The minimum atomic E-state index is -2.08. The van der Waals surface area contributed by atoms with Gasteiger partial charge in [0, 0.05) is 25.1 Å². The van der Waals surface area contributed by atoms with Crippen LogP contribution in [0.15, 0.2) is 20.5 Å². The summed E-state index contributed by atoms with van der Waals surface area (Å²) in [6.07, 6.45) is -1.73. The van der Waals surface area contributed by atoms with E-state index in [1.165, 1.54) is 55.4 Å². The lowest BCUT2D eigenvalue weighted by molar-refractivity contribution is -0.182. The van der Waals surface area contributed by atoms with Gasteiger partial charge >= 0.3 is 41.8 Å². The van der Waals surface area contributed by atoms with E-state index >= 15 is 0 Å². The normalized spacial score (nSPS) is 14.8. The van der Waals surface area contributed by atoms with Gasteiger partial charge in [-0.2, -0.15) is 0 Å². The first-order chi connectivity index (χ1) is 34.2. The van der Waals surface area contributed by atoms with Crippen LogP contribution in [0.2, 0.25) is 0 Å². The van der Waals surface area contributed by atoms with E-state index in [2.05, 4.69) is 40.1 Å². The zero-order valence-electron chi connectivity index (χ0n) is 48.0. The van der Waals surface area contributed by atoms with Crippen molar-refractivity contribution in [1.29, 1.82) is 0 Å². The third kappa shape index (κ3) is 24.3. The average molecular weight is 1080 g/mol. The Morgan fingerprint density at radius 1 is 0.355 bits per heavy atom. The van der Waals surface area contributed by atoms with Crippen LogP contribution in [0.3, 0.4) is 0 Å². The van der Waals surface area contributed by atoms with Crippen LogP contribution in [-0.4, -0.2) is 115 Å². The van der Waals surface area contributed by atoms with Crippen molar-refractivity contribution in [3.8, 4) is 0 Å². The molecule has 0 aromatic heterocycles. The van der Waals surface area contributed by atoms with Crippen molar-refractivity contribution in [3.05, 3.63) is 41.8 Å². The fraction of sp³-hybridized carbons (Fsp3) is 0.837. The molecule has 0 aliphatic carbocycles. The summed E-state index contributed by atoms with van der Waals surface area (Å²) in [6.45, 7) is 26.4. The number of ether oxygens (including phenoxy) is 7. The lowest BCUT2D eigenvalue weighted by Gasteiger charge is -2.36. The van der Waals surface area contributed by atoms with Crippen molar-refractivity contribution in [3.63, 3.8) is 0 Å². The smallest absolute Gasteiger partial charge is 0.315 e. The van der Waals surface area contributed by atoms with E-state index in [9.17, 15) is 60.5 Å². The van der Waals surface area contributed by atoms with Crippen molar-refractivity contribution in [1.82, 2.24) is 0 Å². The molecule has 0 aliphatic heterocycles. The molecule has 4 unspecified atom stereocenters. The number of rotatable bonds is 28. The molecular formula is C49H80N12O15. The van der Waals surface area contributed by atoms with Gasteiger partial charge < -0.3 is 33.2 Å². The molecule has 0 radical (unpaired) electrons. The average Bonchev–Trinajstić information content (AvgIpc) is 3.24.